The molecule has 1 aromatic heterocycles. The van der Waals surface area contributed by atoms with E-state index in [1.54, 1.807) is 12.1 Å². The molecule has 0 bridgehead atoms. The molecule has 3 rings (SSSR count). The lowest BCUT2D eigenvalue weighted by molar-refractivity contribution is 0.0991. The number of hydrogen-bond donors (Lipinski definition) is 1. The van der Waals surface area contributed by atoms with Crippen molar-refractivity contribution in [1.82, 2.24) is 9.78 Å². The molecule has 0 radical (unpaired) electrons. The van der Waals surface area contributed by atoms with Gasteiger partial charge in [-0.15, -0.1) is 5.10 Å². The zero-order valence-corrected chi connectivity index (χ0v) is 16.7. The smallest absolute Gasteiger partial charge is 0.441 e. The monoisotopic (exact) mass is 417 g/mol. The summed E-state index contributed by atoms with van der Waals surface area (Å²) in [7, 11) is 0. The number of amides is 1. The Hall–Kier alpha value is -3.49. The number of rotatable bonds is 6. The van der Waals surface area contributed by atoms with Crippen LogP contribution in [0.4, 0.5) is 8.78 Å². The Balaban J connectivity index is 1.71. The molecule has 158 valence electrons. The molecule has 2 aromatic carbocycles. The van der Waals surface area contributed by atoms with Gasteiger partial charge < -0.3 is 14.9 Å². The molecular weight excluding hydrogens is 396 g/mol. The van der Waals surface area contributed by atoms with E-state index in [0.717, 1.165) is 22.4 Å². The molecule has 0 aliphatic carbocycles. The summed E-state index contributed by atoms with van der Waals surface area (Å²) in [5.74, 6) is -4.43. The number of nitrogens with two attached hydrogens (primary N) is 1. The molecule has 0 fully saturated rings. The zero-order valence-electron chi connectivity index (χ0n) is 16.7. The predicted octanol–water partition coefficient (Wildman–Crippen LogP) is 3.12. The average molecular weight is 417 g/mol. The minimum Gasteiger partial charge on any atom is -0.490 e. The standard InChI is InChI=1S/C21H21F2N3O4/c1-21(2,3)12-4-6-13(7-5-12)26-20(28)30-16(25-26)10-11-29-15-9-8-14(22)17(18(15)23)19(24)27/h4-9H,10-11H2,1-3H3,(H2,24,27). The summed E-state index contributed by atoms with van der Waals surface area (Å²) in [5, 5.41) is 4.12. The van der Waals surface area contributed by atoms with E-state index in [9.17, 15) is 18.4 Å². The largest absolute Gasteiger partial charge is 0.490 e. The van der Waals surface area contributed by atoms with Crippen LogP contribution in [-0.2, 0) is 11.8 Å². The third-order valence-electron chi connectivity index (χ3n) is 4.44. The second-order valence-corrected chi connectivity index (χ2v) is 7.67. The highest BCUT2D eigenvalue weighted by Crippen LogP contribution is 2.24. The number of ether oxygens (including phenoxy) is 1. The van der Waals surface area contributed by atoms with Crippen LogP contribution in [-0.4, -0.2) is 22.3 Å². The Kier molecular flexibility index (Phi) is 5.73. The summed E-state index contributed by atoms with van der Waals surface area (Å²) in [6, 6.07) is 9.28. The second-order valence-electron chi connectivity index (χ2n) is 7.67. The van der Waals surface area contributed by atoms with Crippen LogP contribution >= 0.6 is 0 Å². The number of primary amides is 1. The summed E-state index contributed by atoms with van der Waals surface area (Å²) in [6.07, 6.45) is 0.0467. The third kappa shape index (κ3) is 4.40. The molecule has 0 atom stereocenters. The molecule has 2 N–H and O–H groups in total. The van der Waals surface area contributed by atoms with Crippen molar-refractivity contribution in [2.24, 2.45) is 5.73 Å². The molecule has 0 aliphatic heterocycles. The van der Waals surface area contributed by atoms with Crippen LogP contribution in [0.3, 0.4) is 0 Å². The maximum Gasteiger partial charge on any atom is 0.441 e. The van der Waals surface area contributed by atoms with Gasteiger partial charge in [0, 0.05) is 0 Å². The van der Waals surface area contributed by atoms with Gasteiger partial charge in [0.1, 0.15) is 11.4 Å². The number of hydrogen-bond acceptors (Lipinski definition) is 5. The normalized spacial score (nSPS) is 11.5. The fourth-order valence-electron chi connectivity index (χ4n) is 2.80. The Bertz CT molecular complexity index is 1130. The van der Waals surface area contributed by atoms with Crippen LogP contribution < -0.4 is 16.2 Å². The van der Waals surface area contributed by atoms with Gasteiger partial charge in [-0.1, -0.05) is 32.9 Å². The molecule has 0 spiro atoms. The van der Waals surface area contributed by atoms with Crippen molar-refractivity contribution in [3.63, 3.8) is 0 Å². The number of aromatic nitrogens is 2. The molecule has 0 saturated heterocycles. The van der Waals surface area contributed by atoms with E-state index in [0.29, 0.717) is 5.69 Å². The van der Waals surface area contributed by atoms with Gasteiger partial charge in [0.2, 0.25) is 5.89 Å². The fraction of sp³-hybridized carbons (Fsp3) is 0.286. The van der Waals surface area contributed by atoms with Gasteiger partial charge in [0.05, 0.1) is 18.7 Å². The van der Waals surface area contributed by atoms with Crippen molar-refractivity contribution in [3.05, 3.63) is 75.6 Å². The summed E-state index contributed by atoms with van der Waals surface area (Å²) in [6.45, 7) is 6.12. The van der Waals surface area contributed by atoms with E-state index < -0.39 is 28.9 Å². The number of carbonyl (C=O) groups excluding carboxylic acids is 1. The first-order valence-electron chi connectivity index (χ1n) is 9.18. The van der Waals surface area contributed by atoms with Gasteiger partial charge in [-0.25, -0.2) is 13.6 Å². The second kappa shape index (κ2) is 8.10. The number of carbonyl (C=O) groups is 1. The zero-order chi connectivity index (χ0) is 22.1. The number of nitrogens with zero attached hydrogens (tertiary/aromatic N) is 2. The van der Waals surface area contributed by atoms with Crippen molar-refractivity contribution in [1.29, 1.82) is 0 Å². The van der Waals surface area contributed by atoms with E-state index in [1.807, 2.05) is 12.1 Å². The summed E-state index contributed by atoms with van der Waals surface area (Å²) in [5.41, 5.74) is 5.72. The minimum absolute atomic E-state index is 0.0280. The Morgan fingerprint density at radius 2 is 1.83 bits per heavy atom. The average Bonchev–Trinajstić information content (AvgIpc) is 3.03. The van der Waals surface area contributed by atoms with Crippen molar-refractivity contribution < 1.29 is 22.7 Å². The van der Waals surface area contributed by atoms with Crippen molar-refractivity contribution in [2.75, 3.05) is 6.61 Å². The highest BCUT2D eigenvalue weighted by molar-refractivity contribution is 5.93. The number of halogens is 2. The van der Waals surface area contributed by atoms with E-state index in [1.165, 1.54) is 0 Å². The molecule has 9 heteroatoms. The fourth-order valence-corrected chi connectivity index (χ4v) is 2.80. The van der Waals surface area contributed by atoms with E-state index >= 15 is 0 Å². The topological polar surface area (TPSA) is 100 Å². The van der Waals surface area contributed by atoms with Gasteiger partial charge in [-0.05, 0) is 35.2 Å². The quantitative estimate of drug-likeness (QED) is 0.664. The Morgan fingerprint density at radius 1 is 1.17 bits per heavy atom. The highest BCUT2D eigenvalue weighted by Gasteiger charge is 2.20. The lowest BCUT2D eigenvalue weighted by atomic mass is 9.87. The van der Waals surface area contributed by atoms with Crippen LogP contribution in [0.15, 0.2) is 45.6 Å². The molecule has 0 aliphatic rings. The van der Waals surface area contributed by atoms with Crippen molar-refractivity contribution in [3.8, 4) is 11.4 Å². The molecule has 0 saturated carbocycles. The molecule has 3 aromatic rings. The first-order valence-corrected chi connectivity index (χ1v) is 9.18. The number of benzene rings is 2. The van der Waals surface area contributed by atoms with E-state index in [2.05, 4.69) is 25.9 Å². The lowest BCUT2D eigenvalue weighted by Gasteiger charge is -2.18. The molecule has 1 amide bonds. The SMILES string of the molecule is CC(C)(C)c1ccc(-n2nc(CCOc3ccc(F)c(C(N)=O)c3F)oc2=O)cc1. The Morgan fingerprint density at radius 3 is 2.43 bits per heavy atom. The summed E-state index contributed by atoms with van der Waals surface area (Å²) >= 11 is 0. The summed E-state index contributed by atoms with van der Waals surface area (Å²) in [4.78, 5) is 23.3. The molecule has 0 unspecified atom stereocenters. The van der Waals surface area contributed by atoms with Gasteiger partial charge in [-0.3, -0.25) is 4.79 Å². The maximum absolute atomic E-state index is 14.2. The van der Waals surface area contributed by atoms with Crippen LogP contribution in [0.25, 0.3) is 5.69 Å². The first kappa shape index (κ1) is 21.2. The van der Waals surface area contributed by atoms with Gasteiger partial charge in [0.15, 0.2) is 11.6 Å². The Labute approximate surface area is 171 Å². The van der Waals surface area contributed by atoms with Crippen LogP contribution in [0.1, 0.15) is 42.6 Å². The van der Waals surface area contributed by atoms with Gasteiger partial charge in [0.25, 0.3) is 5.91 Å². The van der Waals surface area contributed by atoms with Crippen LogP contribution in [0, 0.1) is 11.6 Å². The van der Waals surface area contributed by atoms with Crippen LogP contribution in [0.5, 0.6) is 5.75 Å². The minimum atomic E-state index is -1.24. The van der Waals surface area contributed by atoms with Gasteiger partial charge in [-0.2, -0.15) is 4.68 Å². The maximum atomic E-state index is 14.2. The highest BCUT2D eigenvalue weighted by atomic mass is 19.1. The van der Waals surface area contributed by atoms with Crippen molar-refractivity contribution >= 4 is 5.91 Å². The molecular formula is C21H21F2N3O4. The van der Waals surface area contributed by atoms with E-state index in [4.69, 9.17) is 14.9 Å². The van der Waals surface area contributed by atoms with Gasteiger partial charge >= 0.3 is 5.76 Å². The predicted molar refractivity (Wildman–Crippen MR) is 105 cm³/mol. The van der Waals surface area contributed by atoms with Crippen molar-refractivity contribution in [2.45, 2.75) is 32.6 Å². The van der Waals surface area contributed by atoms with E-state index in [-0.39, 0.29) is 30.1 Å². The molecule has 30 heavy (non-hydrogen) atoms. The molecule has 7 nitrogen and oxygen atoms in total. The first-order chi connectivity index (χ1) is 14.1. The third-order valence-corrected chi connectivity index (χ3v) is 4.44. The van der Waals surface area contributed by atoms with Crippen LogP contribution in [0.2, 0.25) is 0 Å². The lowest BCUT2D eigenvalue weighted by Crippen LogP contribution is -2.16. The summed E-state index contributed by atoms with van der Waals surface area (Å²) < 4.78 is 39.1. The molecule has 1 heterocycles.